The Balaban J connectivity index is 1.21. The van der Waals surface area contributed by atoms with E-state index in [9.17, 15) is 0 Å². The van der Waals surface area contributed by atoms with E-state index in [2.05, 4.69) is 114 Å². The molecule has 0 amide bonds. The molecular formula is C51H35N5. The Labute approximate surface area is 325 Å². The Hall–Kier alpha value is -7.37. The average Bonchev–Trinajstić information content (AvgIpc) is 3.26. The Bertz CT molecular complexity index is 2990. The maximum absolute atomic E-state index is 5.14. The highest BCUT2D eigenvalue weighted by molar-refractivity contribution is 6.25. The molecule has 0 aliphatic heterocycles. The molecule has 5 nitrogen and oxygen atoms in total. The molecule has 2 aromatic heterocycles. The van der Waals surface area contributed by atoms with E-state index >= 15 is 0 Å². The van der Waals surface area contributed by atoms with Crippen molar-refractivity contribution in [3.63, 3.8) is 0 Å². The second-order valence-electron chi connectivity index (χ2n) is 14.2. The molecule has 0 saturated carbocycles. The highest BCUT2D eigenvalue weighted by Crippen LogP contribution is 2.39. The minimum atomic E-state index is 0.608. The van der Waals surface area contributed by atoms with Crippen molar-refractivity contribution in [2.24, 2.45) is 0 Å². The van der Waals surface area contributed by atoms with Gasteiger partial charge in [-0.2, -0.15) is 0 Å². The highest BCUT2D eigenvalue weighted by atomic mass is 15.0. The second kappa shape index (κ2) is 13.8. The fourth-order valence-electron chi connectivity index (χ4n) is 7.84. The number of hydrogen-bond acceptors (Lipinski definition) is 5. The number of rotatable bonds is 6. The lowest BCUT2D eigenvalue weighted by atomic mass is 9.90. The van der Waals surface area contributed by atoms with Crippen LogP contribution in [0.15, 0.2) is 176 Å². The molecule has 8 aromatic carbocycles. The molecule has 2 heterocycles. The van der Waals surface area contributed by atoms with Crippen molar-refractivity contribution in [3.8, 4) is 67.7 Å². The van der Waals surface area contributed by atoms with Crippen molar-refractivity contribution >= 4 is 32.3 Å². The summed E-state index contributed by atoms with van der Waals surface area (Å²) in [6.07, 6.45) is 0. The van der Waals surface area contributed by atoms with Crippen LogP contribution >= 0.6 is 0 Å². The van der Waals surface area contributed by atoms with Crippen LogP contribution < -0.4 is 0 Å². The summed E-state index contributed by atoms with van der Waals surface area (Å²) >= 11 is 0. The van der Waals surface area contributed by atoms with E-state index < -0.39 is 0 Å². The SMILES string of the molecule is Cc1cc(-c2cccc(-c3cc(-c4ccc5c6ccccc6c6ccccc6c5c4)cc(-c4nc(-c5ccccc5)nc(-c5ccccc5)n4)c3)c2)nc(C)n1. The zero-order valence-corrected chi connectivity index (χ0v) is 31.0. The summed E-state index contributed by atoms with van der Waals surface area (Å²) in [5, 5.41) is 7.46. The van der Waals surface area contributed by atoms with Gasteiger partial charge in [0, 0.05) is 27.9 Å². The molecule has 0 radical (unpaired) electrons. The first-order valence-electron chi connectivity index (χ1n) is 18.8. The molecule has 0 atom stereocenters. The quantitative estimate of drug-likeness (QED) is 0.160. The molecule has 264 valence electrons. The second-order valence-corrected chi connectivity index (χ2v) is 14.2. The maximum atomic E-state index is 5.14. The first kappa shape index (κ1) is 33.2. The first-order valence-corrected chi connectivity index (χ1v) is 18.8. The van der Waals surface area contributed by atoms with E-state index in [-0.39, 0.29) is 0 Å². The van der Waals surface area contributed by atoms with Gasteiger partial charge in [-0.15, -0.1) is 0 Å². The molecule has 0 fully saturated rings. The first-order chi connectivity index (χ1) is 27.5. The van der Waals surface area contributed by atoms with Crippen LogP contribution in [0.5, 0.6) is 0 Å². The van der Waals surface area contributed by atoms with Crippen molar-refractivity contribution in [3.05, 3.63) is 187 Å². The summed E-state index contributed by atoms with van der Waals surface area (Å²) in [6, 6.07) is 61.8. The molecule has 0 N–H and O–H groups in total. The van der Waals surface area contributed by atoms with Crippen molar-refractivity contribution < 1.29 is 0 Å². The fourth-order valence-corrected chi connectivity index (χ4v) is 7.84. The Kier molecular flexibility index (Phi) is 8.19. The number of hydrogen-bond donors (Lipinski definition) is 0. The van der Waals surface area contributed by atoms with Crippen LogP contribution in [0.3, 0.4) is 0 Å². The topological polar surface area (TPSA) is 64.5 Å². The van der Waals surface area contributed by atoms with E-state index in [1.807, 2.05) is 80.6 Å². The predicted octanol–water partition coefficient (Wildman–Crippen LogP) is 12.7. The Morgan fingerprint density at radius 1 is 0.268 bits per heavy atom. The van der Waals surface area contributed by atoms with Crippen LogP contribution in [-0.2, 0) is 0 Å². The highest BCUT2D eigenvalue weighted by Gasteiger charge is 2.17. The summed E-state index contributed by atoms with van der Waals surface area (Å²) in [5.74, 6) is 2.62. The predicted molar refractivity (Wildman–Crippen MR) is 230 cm³/mol. The molecule has 10 rings (SSSR count). The van der Waals surface area contributed by atoms with Gasteiger partial charge in [-0.05, 0) is 105 Å². The van der Waals surface area contributed by atoms with Gasteiger partial charge in [-0.3, -0.25) is 0 Å². The number of aromatic nitrogens is 5. The molecule has 0 aliphatic carbocycles. The lowest BCUT2D eigenvalue weighted by molar-refractivity contribution is 1.02. The third-order valence-corrected chi connectivity index (χ3v) is 10.4. The van der Waals surface area contributed by atoms with E-state index in [0.29, 0.717) is 17.5 Å². The van der Waals surface area contributed by atoms with E-state index in [0.717, 1.165) is 61.7 Å². The molecular weight excluding hydrogens is 683 g/mol. The smallest absolute Gasteiger partial charge is 0.164 e. The van der Waals surface area contributed by atoms with E-state index in [4.69, 9.17) is 19.9 Å². The largest absolute Gasteiger partial charge is 0.239 e. The van der Waals surface area contributed by atoms with Gasteiger partial charge in [0.05, 0.1) is 5.69 Å². The summed E-state index contributed by atoms with van der Waals surface area (Å²) in [6.45, 7) is 3.95. The number of aryl methyl sites for hydroxylation is 2. The standard InChI is InChI=1S/C51H35N5/c1-32-26-48(53-33(2)52-32)38-19-13-18-36(27-38)39-28-40(37-24-25-46-44-22-10-9-20-42(44)43-21-11-12-23-45(43)47(46)31-37)30-41(29-39)51-55-49(34-14-5-3-6-15-34)54-50(56-51)35-16-7-4-8-17-35/h3-31H,1-2H3. The van der Waals surface area contributed by atoms with Gasteiger partial charge in [-0.25, -0.2) is 24.9 Å². The van der Waals surface area contributed by atoms with Crippen LogP contribution in [0, 0.1) is 13.8 Å². The lowest BCUT2D eigenvalue weighted by Crippen LogP contribution is -2.00. The van der Waals surface area contributed by atoms with Crippen LogP contribution in [-0.4, -0.2) is 24.9 Å². The van der Waals surface area contributed by atoms with Gasteiger partial charge in [0.2, 0.25) is 0 Å². The van der Waals surface area contributed by atoms with Crippen molar-refractivity contribution in [1.29, 1.82) is 0 Å². The summed E-state index contributed by atoms with van der Waals surface area (Å²) in [4.78, 5) is 24.6. The third kappa shape index (κ3) is 6.15. The lowest BCUT2D eigenvalue weighted by Gasteiger charge is -2.15. The van der Waals surface area contributed by atoms with Gasteiger partial charge >= 0.3 is 0 Å². The maximum Gasteiger partial charge on any atom is 0.164 e. The van der Waals surface area contributed by atoms with Crippen molar-refractivity contribution in [1.82, 2.24) is 24.9 Å². The van der Waals surface area contributed by atoms with Crippen LogP contribution in [0.4, 0.5) is 0 Å². The van der Waals surface area contributed by atoms with Gasteiger partial charge in [0.25, 0.3) is 0 Å². The summed E-state index contributed by atoms with van der Waals surface area (Å²) < 4.78 is 0. The molecule has 5 heteroatoms. The van der Waals surface area contributed by atoms with Crippen LogP contribution in [0.25, 0.3) is 100.0 Å². The zero-order valence-electron chi connectivity index (χ0n) is 31.0. The molecule has 0 spiro atoms. The Morgan fingerprint density at radius 3 is 1.27 bits per heavy atom. The third-order valence-electron chi connectivity index (χ3n) is 10.4. The average molecular weight is 718 g/mol. The molecule has 0 aliphatic rings. The number of benzene rings is 8. The zero-order chi connectivity index (χ0) is 37.6. The Morgan fingerprint density at radius 2 is 0.696 bits per heavy atom. The van der Waals surface area contributed by atoms with Crippen molar-refractivity contribution in [2.75, 3.05) is 0 Å². The van der Waals surface area contributed by atoms with Gasteiger partial charge in [-0.1, -0.05) is 140 Å². The van der Waals surface area contributed by atoms with E-state index in [1.54, 1.807) is 0 Å². The molecule has 56 heavy (non-hydrogen) atoms. The van der Waals surface area contributed by atoms with Gasteiger partial charge in [0.1, 0.15) is 5.82 Å². The normalized spacial score (nSPS) is 11.4. The van der Waals surface area contributed by atoms with Crippen LogP contribution in [0.1, 0.15) is 11.5 Å². The monoisotopic (exact) mass is 717 g/mol. The summed E-state index contributed by atoms with van der Waals surface area (Å²) in [5.41, 5.74) is 9.94. The minimum Gasteiger partial charge on any atom is -0.239 e. The van der Waals surface area contributed by atoms with Crippen molar-refractivity contribution in [2.45, 2.75) is 13.8 Å². The fraction of sp³-hybridized carbons (Fsp3) is 0.0392. The molecule has 0 unspecified atom stereocenters. The van der Waals surface area contributed by atoms with Gasteiger partial charge in [0.15, 0.2) is 17.5 Å². The van der Waals surface area contributed by atoms with Gasteiger partial charge < -0.3 is 0 Å². The molecule has 0 bridgehead atoms. The van der Waals surface area contributed by atoms with Crippen LogP contribution in [0.2, 0.25) is 0 Å². The number of fused-ring (bicyclic) bond motifs is 6. The van der Waals surface area contributed by atoms with E-state index in [1.165, 1.54) is 32.3 Å². The number of nitrogens with zero attached hydrogens (tertiary/aromatic N) is 5. The molecule has 10 aromatic rings. The summed E-state index contributed by atoms with van der Waals surface area (Å²) in [7, 11) is 0. The molecule has 0 saturated heterocycles. The minimum absolute atomic E-state index is 0.608.